The minimum atomic E-state index is -0.276. The van der Waals surface area contributed by atoms with Crippen molar-refractivity contribution in [1.82, 2.24) is 10.1 Å². The Labute approximate surface area is 67.8 Å². The average molecular weight is 164 g/mol. The van der Waals surface area contributed by atoms with E-state index in [1.807, 2.05) is 0 Å². The van der Waals surface area contributed by atoms with Gasteiger partial charge in [0, 0.05) is 5.56 Å². The predicted molar refractivity (Wildman–Crippen MR) is 39.7 cm³/mol. The molecular formula is C8H5FN2O. The molecule has 1 aromatic heterocycles. The summed E-state index contributed by atoms with van der Waals surface area (Å²) in [5, 5.41) is 3.61. The third-order valence-corrected chi connectivity index (χ3v) is 1.46. The lowest BCUT2D eigenvalue weighted by Gasteiger charge is -1.91. The second-order valence-corrected chi connectivity index (χ2v) is 2.26. The Morgan fingerprint density at radius 3 is 2.50 bits per heavy atom. The Hall–Kier alpha value is -1.71. The molecule has 0 saturated carbocycles. The first-order chi connectivity index (χ1) is 5.86. The number of nitrogens with zero attached hydrogens (tertiary/aromatic N) is 2. The first kappa shape index (κ1) is 6.97. The maximum atomic E-state index is 12.5. The van der Waals surface area contributed by atoms with Gasteiger partial charge >= 0.3 is 0 Å². The smallest absolute Gasteiger partial charge is 0.214 e. The first-order valence-electron chi connectivity index (χ1n) is 3.38. The second kappa shape index (κ2) is 2.73. The van der Waals surface area contributed by atoms with Gasteiger partial charge in [-0.2, -0.15) is 4.98 Å². The van der Waals surface area contributed by atoms with Crippen molar-refractivity contribution < 1.29 is 8.91 Å². The summed E-state index contributed by atoms with van der Waals surface area (Å²) < 4.78 is 17.0. The zero-order chi connectivity index (χ0) is 8.39. The molecule has 0 amide bonds. The van der Waals surface area contributed by atoms with E-state index in [0.29, 0.717) is 5.82 Å². The van der Waals surface area contributed by atoms with Crippen LogP contribution in [0.25, 0.3) is 11.4 Å². The van der Waals surface area contributed by atoms with Gasteiger partial charge in [-0.25, -0.2) is 4.39 Å². The highest BCUT2D eigenvalue weighted by molar-refractivity contribution is 5.53. The van der Waals surface area contributed by atoms with E-state index in [2.05, 4.69) is 14.7 Å². The van der Waals surface area contributed by atoms with Crippen molar-refractivity contribution >= 4 is 0 Å². The minimum absolute atomic E-state index is 0.276. The van der Waals surface area contributed by atoms with E-state index in [1.54, 1.807) is 12.1 Å². The molecule has 3 nitrogen and oxygen atoms in total. The molecule has 12 heavy (non-hydrogen) atoms. The van der Waals surface area contributed by atoms with Crippen LogP contribution in [0.2, 0.25) is 0 Å². The molecule has 0 aliphatic carbocycles. The zero-order valence-electron chi connectivity index (χ0n) is 6.07. The van der Waals surface area contributed by atoms with Crippen molar-refractivity contribution in [2.45, 2.75) is 0 Å². The van der Waals surface area contributed by atoms with Crippen LogP contribution >= 0.6 is 0 Å². The topological polar surface area (TPSA) is 38.9 Å². The van der Waals surface area contributed by atoms with Crippen LogP contribution in [0.5, 0.6) is 0 Å². The molecule has 0 saturated heterocycles. The fourth-order valence-electron chi connectivity index (χ4n) is 0.897. The number of halogens is 1. The fourth-order valence-corrected chi connectivity index (χ4v) is 0.897. The summed E-state index contributed by atoms with van der Waals surface area (Å²) >= 11 is 0. The highest BCUT2D eigenvalue weighted by Gasteiger charge is 2.01. The monoisotopic (exact) mass is 164 g/mol. The van der Waals surface area contributed by atoms with Gasteiger partial charge in [0.1, 0.15) is 5.82 Å². The van der Waals surface area contributed by atoms with Crippen LogP contribution < -0.4 is 0 Å². The second-order valence-electron chi connectivity index (χ2n) is 2.26. The van der Waals surface area contributed by atoms with E-state index < -0.39 is 0 Å². The van der Waals surface area contributed by atoms with Gasteiger partial charge in [-0.15, -0.1) is 0 Å². The Kier molecular flexibility index (Phi) is 1.59. The Balaban J connectivity index is 2.43. The molecular weight excluding hydrogens is 159 g/mol. The summed E-state index contributed by atoms with van der Waals surface area (Å²) in [4.78, 5) is 3.82. The lowest BCUT2D eigenvalue weighted by atomic mass is 10.2. The molecule has 0 atom stereocenters. The number of benzene rings is 1. The molecule has 2 aromatic rings. The van der Waals surface area contributed by atoms with Crippen LogP contribution in [0.15, 0.2) is 35.2 Å². The number of hydrogen-bond donors (Lipinski definition) is 0. The lowest BCUT2D eigenvalue weighted by Crippen LogP contribution is -1.80. The number of rotatable bonds is 1. The van der Waals surface area contributed by atoms with Crippen molar-refractivity contribution in [3.05, 3.63) is 36.5 Å². The molecule has 0 spiro atoms. The van der Waals surface area contributed by atoms with E-state index in [4.69, 9.17) is 0 Å². The maximum absolute atomic E-state index is 12.5. The van der Waals surface area contributed by atoms with E-state index >= 15 is 0 Å². The molecule has 0 aliphatic rings. The van der Waals surface area contributed by atoms with E-state index in [-0.39, 0.29) is 5.82 Å². The molecule has 0 bridgehead atoms. The summed E-state index contributed by atoms with van der Waals surface area (Å²) in [6.45, 7) is 0. The summed E-state index contributed by atoms with van der Waals surface area (Å²) in [6.07, 6.45) is 1.23. The van der Waals surface area contributed by atoms with Crippen LogP contribution in [0, 0.1) is 5.82 Å². The van der Waals surface area contributed by atoms with Crippen molar-refractivity contribution in [3.63, 3.8) is 0 Å². The summed E-state index contributed by atoms with van der Waals surface area (Å²) in [7, 11) is 0. The predicted octanol–water partition coefficient (Wildman–Crippen LogP) is 1.88. The molecule has 2 rings (SSSR count). The van der Waals surface area contributed by atoms with Crippen LogP contribution in [-0.4, -0.2) is 10.1 Å². The van der Waals surface area contributed by atoms with Crippen LogP contribution in [-0.2, 0) is 0 Å². The van der Waals surface area contributed by atoms with Gasteiger partial charge in [-0.05, 0) is 24.3 Å². The van der Waals surface area contributed by atoms with Gasteiger partial charge in [0.2, 0.25) is 12.2 Å². The molecule has 60 valence electrons. The molecule has 0 aliphatic heterocycles. The van der Waals surface area contributed by atoms with Crippen molar-refractivity contribution in [3.8, 4) is 11.4 Å². The number of aromatic nitrogens is 2. The fraction of sp³-hybridized carbons (Fsp3) is 0. The third kappa shape index (κ3) is 1.18. The van der Waals surface area contributed by atoms with Crippen molar-refractivity contribution in [1.29, 1.82) is 0 Å². The standard InChI is InChI=1S/C8H5FN2O/c9-7-3-1-6(2-4-7)8-10-5-12-11-8/h1-5H. The summed E-state index contributed by atoms with van der Waals surface area (Å²) in [5.41, 5.74) is 0.741. The zero-order valence-corrected chi connectivity index (χ0v) is 6.07. The van der Waals surface area contributed by atoms with Crippen LogP contribution in [0.3, 0.4) is 0 Å². The normalized spacial score (nSPS) is 10.1. The van der Waals surface area contributed by atoms with Gasteiger partial charge in [0.25, 0.3) is 0 Å². The van der Waals surface area contributed by atoms with Gasteiger partial charge < -0.3 is 4.52 Å². The lowest BCUT2D eigenvalue weighted by molar-refractivity contribution is 0.418. The first-order valence-corrected chi connectivity index (χ1v) is 3.38. The largest absolute Gasteiger partial charge is 0.342 e. The number of hydrogen-bond acceptors (Lipinski definition) is 3. The van der Waals surface area contributed by atoms with Gasteiger partial charge in [0.05, 0.1) is 0 Å². The minimum Gasteiger partial charge on any atom is -0.342 e. The quantitative estimate of drug-likeness (QED) is 0.645. The highest BCUT2D eigenvalue weighted by Crippen LogP contribution is 2.13. The SMILES string of the molecule is Fc1ccc(-c2ncon2)cc1. The van der Waals surface area contributed by atoms with E-state index in [1.165, 1.54) is 18.5 Å². The molecule has 0 N–H and O–H groups in total. The maximum Gasteiger partial charge on any atom is 0.214 e. The van der Waals surface area contributed by atoms with Crippen molar-refractivity contribution in [2.24, 2.45) is 0 Å². The molecule has 0 radical (unpaired) electrons. The molecule has 1 heterocycles. The average Bonchev–Trinajstić information content (AvgIpc) is 2.58. The van der Waals surface area contributed by atoms with Crippen LogP contribution in [0.1, 0.15) is 0 Å². The molecule has 1 aromatic carbocycles. The molecule has 0 unspecified atom stereocenters. The summed E-state index contributed by atoms with van der Waals surface area (Å²) in [5.74, 6) is 0.192. The Morgan fingerprint density at radius 2 is 1.92 bits per heavy atom. The summed E-state index contributed by atoms with van der Waals surface area (Å²) in [6, 6.07) is 5.90. The van der Waals surface area contributed by atoms with Gasteiger partial charge in [0.15, 0.2) is 0 Å². The molecule has 4 heteroatoms. The Bertz CT molecular complexity index is 355. The van der Waals surface area contributed by atoms with Crippen LogP contribution in [0.4, 0.5) is 4.39 Å². The Morgan fingerprint density at radius 1 is 1.17 bits per heavy atom. The molecule has 0 fully saturated rings. The van der Waals surface area contributed by atoms with Gasteiger partial charge in [-0.3, -0.25) is 0 Å². The highest BCUT2D eigenvalue weighted by atomic mass is 19.1. The van der Waals surface area contributed by atoms with Gasteiger partial charge in [-0.1, -0.05) is 5.16 Å². The van der Waals surface area contributed by atoms with E-state index in [9.17, 15) is 4.39 Å². The van der Waals surface area contributed by atoms with E-state index in [0.717, 1.165) is 5.56 Å². The third-order valence-electron chi connectivity index (χ3n) is 1.46. The van der Waals surface area contributed by atoms with Crippen molar-refractivity contribution in [2.75, 3.05) is 0 Å².